The average molecular weight is 262 g/mol. The summed E-state index contributed by atoms with van der Waals surface area (Å²) in [6.45, 7) is 5.68. The first-order valence-electron chi connectivity index (χ1n) is 7.24. The molecule has 1 aromatic heterocycles. The lowest BCUT2D eigenvalue weighted by Gasteiger charge is -2.17. The minimum atomic E-state index is 0.0319. The van der Waals surface area contributed by atoms with Crippen LogP contribution in [0, 0.1) is 18.8 Å². The monoisotopic (exact) mass is 262 g/mol. The molecule has 104 valence electrons. The normalized spacial score (nSPS) is 29.8. The smallest absolute Gasteiger partial charge is 0.289 e. The van der Waals surface area contributed by atoms with Gasteiger partial charge in [-0.25, -0.2) is 0 Å². The fourth-order valence-electron chi connectivity index (χ4n) is 3.61. The van der Waals surface area contributed by atoms with E-state index in [0.717, 1.165) is 43.7 Å². The zero-order valence-corrected chi connectivity index (χ0v) is 11.7. The van der Waals surface area contributed by atoms with Crippen molar-refractivity contribution in [3.05, 3.63) is 23.2 Å². The Hall–Kier alpha value is -1.29. The van der Waals surface area contributed by atoms with Crippen LogP contribution in [0.1, 0.15) is 41.6 Å². The summed E-state index contributed by atoms with van der Waals surface area (Å²) < 4.78 is 5.66. The maximum Gasteiger partial charge on any atom is 0.289 e. The number of hydrogen-bond donors (Lipinski definition) is 1. The summed E-state index contributed by atoms with van der Waals surface area (Å²) in [5, 5.41) is 0. The van der Waals surface area contributed by atoms with Gasteiger partial charge in [0, 0.05) is 25.6 Å². The molecule has 3 rings (SSSR count). The van der Waals surface area contributed by atoms with E-state index >= 15 is 0 Å². The molecule has 0 aromatic carbocycles. The van der Waals surface area contributed by atoms with Crippen molar-refractivity contribution >= 4 is 5.91 Å². The lowest BCUT2D eigenvalue weighted by molar-refractivity contribution is 0.0746. The van der Waals surface area contributed by atoms with Crippen LogP contribution in [-0.4, -0.2) is 29.9 Å². The van der Waals surface area contributed by atoms with Crippen molar-refractivity contribution in [3.63, 3.8) is 0 Å². The molecule has 1 aromatic rings. The van der Waals surface area contributed by atoms with Crippen molar-refractivity contribution in [2.75, 3.05) is 13.1 Å². The van der Waals surface area contributed by atoms with Gasteiger partial charge in [0.15, 0.2) is 5.76 Å². The Morgan fingerprint density at radius 1 is 1.47 bits per heavy atom. The van der Waals surface area contributed by atoms with Gasteiger partial charge in [-0.05, 0) is 43.2 Å². The zero-order valence-electron chi connectivity index (χ0n) is 11.7. The van der Waals surface area contributed by atoms with E-state index in [1.54, 1.807) is 0 Å². The molecule has 0 bridgehead atoms. The van der Waals surface area contributed by atoms with Gasteiger partial charge in [0.1, 0.15) is 5.76 Å². The quantitative estimate of drug-likeness (QED) is 0.886. The van der Waals surface area contributed by atoms with Crippen LogP contribution in [0.25, 0.3) is 0 Å². The molecule has 2 aliphatic rings. The van der Waals surface area contributed by atoms with Crippen LogP contribution >= 0.6 is 0 Å². The highest BCUT2D eigenvalue weighted by Crippen LogP contribution is 2.37. The van der Waals surface area contributed by atoms with E-state index in [9.17, 15) is 4.79 Å². The van der Waals surface area contributed by atoms with E-state index in [1.807, 2.05) is 24.8 Å². The fourth-order valence-corrected chi connectivity index (χ4v) is 3.61. The van der Waals surface area contributed by atoms with Crippen LogP contribution in [-0.2, 0) is 6.42 Å². The molecule has 3 atom stereocenters. The van der Waals surface area contributed by atoms with E-state index in [-0.39, 0.29) is 11.9 Å². The molecule has 3 unspecified atom stereocenters. The highest BCUT2D eigenvalue weighted by Gasteiger charge is 2.43. The minimum Gasteiger partial charge on any atom is -0.456 e. The van der Waals surface area contributed by atoms with Crippen molar-refractivity contribution in [1.82, 2.24) is 4.90 Å². The van der Waals surface area contributed by atoms with Crippen LogP contribution in [0.4, 0.5) is 0 Å². The van der Waals surface area contributed by atoms with Crippen molar-refractivity contribution in [2.45, 2.75) is 39.2 Å². The summed E-state index contributed by atoms with van der Waals surface area (Å²) in [4.78, 5) is 14.4. The summed E-state index contributed by atoms with van der Waals surface area (Å²) in [5.74, 6) is 2.53. The predicted octanol–water partition coefficient (Wildman–Crippen LogP) is 1.96. The molecule has 1 saturated carbocycles. The molecule has 19 heavy (non-hydrogen) atoms. The maximum atomic E-state index is 12.5. The lowest BCUT2D eigenvalue weighted by Crippen LogP contribution is -2.33. The Morgan fingerprint density at radius 2 is 2.26 bits per heavy atom. The van der Waals surface area contributed by atoms with Crippen molar-refractivity contribution < 1.29 is 9.21 Å². The third kappa shape index (κ3) is 2.08. The molecule has 2 fully saturated rings. The van der Waals surface area contributed by atoms with Crippen molar-refractivity contribution in [1.29, 1.82) is 0 Å². The summed E-state index contributed by atoms with van der Waals surface area (Å²) in [6, 6.07) is 2.14. The van der Waals surface area contributed by atoms with Crippen LogP contribution in [0.15, 0.2) is 10.5 Å². The van der Waals surface area contributed by atoms with Gasteiger partial charge < -0.3 is 15.1 Å². The molecule has 0 spiro atoms. The van der Waals surface area contributed by atoms with Gasteiger partial charge in [-0.15, -0.1) is 0 Å². The Kier molecular flexibility index (Phi) is 3.13. The number of amides is 1. The number of nitrogens with zero attached hydrogens (tertiary/aromatic N) is 1. The standard InChI is InChI=1S/C15H22N2O2/c1-3-13-9(2)6-14(19-13)15(18)17-7-10-4-5-12(16)11(10)8-17/h6,10-12H,3-5,7-8,16H2,1-2H3. The number of furan rings is 1. The van der Waals surface area contributed by atoms with Crippen molar-refractivity contribution in [3.8, 4) is 0 Å². The third-order valence-electron chi connectivity index (χ3n) is 4.75. The highest BCUT2D eigenvalue weighted by molar-refractivity contribution is 5.92. The van der Waals surface area contributed by atoms with E-state index in [1.165, 1.54) is 0 Å². The van der Waals surface area contributed by atoms with Crippen LogP contribution in [0.5, 0.6) is 0 Å². The second-order valence-electron chi connectivity index (χ2n) is 5.95. The van der Waals surface area contributed by atoms with Gasteiger partial charge in [-0.2, -0.15) is 0 Å². The Bertz CT molecular complexity index is 494. The number of rotatable bonds is 2. The van der Waals surface area contributed by atoms with Crippen molar-refractivity contribution in [2.24, 2.45) is 17.6 Å². The molecule has 4 nitrogen and oxygen atoms in total. The van der Waals surface area contributed by atoms with Crippen LogP contribution in [0.2, 0.25) is 0 Å². The van der Waals surface area contributed by atoms with E-state index in [4.69, 9.17) is 10.2 Å². The van der Waals surface area contributed by atoms with Gasteiger partial charge in [0.2, 0.25) is 0 Å². The van der Waals surface area contributed by atoms with E-state index in [2.05, 4.69) is 0 Å². The first kappa shape index (κ1) is 12.7. The second kappa shape index (κ2) is 4.67. The van der Waals surface area contributed by atoms with Gasteiger partial charge in [-0.1, -0.05) is 6.92 Å². The predicted molar refractivity (Wildman–Crippen MR) is 72.9 cm³/mol. The Morgan fingerprint density at radius 3 is 2.89 bits per heavy atom. The van der Waals surface area contributed by atoms with Gasteiger partial charge in [-0.3, -0.25) is 4.79 Å². The highest BCUT2D eigenvalue weighted by atomic mass is 16.4. The number of carbonyl (C=O) groups excluding carboxylic acids is 1. The molecule has 1 aliphatic carbocycles. The molecular formula is C15H22N2O2. The van der Waals surface area contributed by atoms with Gasteiger partial charge >= 0.3 is 0 Å². The Labute approximate surface area is 113 Å². The minimum absolute atomic E-state index is 0.0319. The topological polar surface area (TPSA) is 59.5 Å². The fraction of sp³-hybridized carbons (Fsp3) is 0.667. The second-order valence-corrected chi connectivity index (χ2v) is 5.95. The molecule has 1 aliphatic heterocycles. The zero-order chi connectivity index (χ0) is 13.6. The van der Waals surface area contributed by atoms with Crippen LogP contribution in [0.3, 0.4) is 0 Å². The molecule has 2 N–H and O–H groups in total. The number of carbonyl (C=O) groups is 1. The summed E-state index contributed by atoms with van der Waals surface area (Å²) in [5.41, 5.74) is 7.18. The molecule has 1 amide bonds. The SMILES string of the molecule is CCc1oc(C(=O)N2CC3CCC(N)C3C2)cc1C. The molecular weight excluding hydrogens is 240 g/mol. The van der Waals surface area contributed by atoms with Crippen LogP contribution < -0.4 is 5.73 Å². The average Bonchev–Trinajstić information content (AvgIpc) is 3.05. The Balaban J connectivity index is 1.74. The summed E-state index contributed by atoms with van der Waals surface area (Å²) >= 11 is 0. The summed E-state index contributed by atoms with van der Waals surface area (Å²) in [7, 11) is 0. The molecule has 2 heterocycles. The van der Waals surface area contributed by atoms with Gasteiger partial charge in [0.05, 0.1) is 0 Å². The largest absolute Gasteiger partial charge is 0.456 e. The summed E-state index contributed by atoms with van der Waals surface area (Å²) in [6.07, 6.45) is 3.10. The van der Waals surface area contributed by atoms with E-state index in [0.29, 0.717) is 17.6 Å². The number of fused-ring (bicyclic) bond motifs is 1. The third-order valence-corrected chi connectivity index (χ3v) is 4.75. The molecule has 1 saturated heterocycles. The number of hydrogen-bond acceptors (Lipinski definition) is 3. The number of likely N-dealkylation sites (tertiary alicyclic amines) is 1. The number of nitrogens with two attached hydrogens (primary N) is 1. The first-order valence-corrected chi connectivity index (χ1v) is 7.24. The maximum absolute atomic E-state index is 12.5. The number of aryl methyl sites for hydroxylation is 2. The van der Waals surface area contributed by atoms with E-state index < -0.39 is 0 Å². The lowest BCUT2D eigenvalue weighted by atomic mass is 9.98. The first-order chi connectivity index (χ1) is 9.10. The van der Waals surface area contributed by atoms with Gasteiger partial charge in [0.25, 0.3) is 5.91 Å². The molecule has 4 heteroatoms. The molecule has 0 radical (unpaired) electrons.